The maximum atomic E-state index is 13.5. The fourth-order valence-corrected chi connectivity index (χ4v) is 5.03. The predicted octanol–water partition coefficient (Wildman–Crippen LogP) is 5.56. The summed E-state index contributed by atoms with van der Waals surface area (Å²) in [4.78, 5) is 43.7. The maximum Gasteiger partial charge on any atom is 0.389 e. The van der Waals surface area contributed by atoms with Gasteiger partial charge >= 0.3 is 12.4 Å². The van der Waals surface area contributed by atoms with Gasteiger partial charge in [0.1, 0.15) is 5.75 Å². The molecule has 4 N–H and O–H groups in total. The first-order chi connectivity index (χ1) is 20.6. The fourth-order valence-electron chi connectivity index (χ4n) is 5.03. The standard InChI is InChI=1S/C30H32F6N4O4/c1-16-5-2-6-17(15-16)23-21-7-3-9-22(44-18-10-11-18)24(21)39-28(43)26(38-23)40-27(42)20(12-14-30(34,35)36)19(25(37)41)8-4-13-29(31,32)33/h2-3,5-7,9,15,18-20,26H,4,8,10-14H2,1H3,(H2,37,41)(H,39,43)(H,40,42)/t19-,20+,26?/m0/s1. The number of benzodiazepines with no additional fused rings is 1. The van der Waals surface area contributed by atoms with Gasteiger partial charge in [-0.25, -0.2) is 4.99 Å². The van der Waals surface area contributed by atoms with Crippen LogP contribution in [0.25, 0.3) is 0 Å². The van der Waals surface area contributed by atoms with E-state index in [1.165, 1.54) is 0 Å². The summed E-state index contributed by atoms with van der Waals surface area (Å²) >= 11 is 0. The van der Waals surface area contributed by atoms with E-state index in [0.29, 0.717) is 16.9 Å². The van der Waals surface area contributed by atoms with Gasteiger partial charge in [0.05, 0.1) is 17.5 Å². The molecule has 2 aromatic rings. The second kappa shape index (κ2) is 13.3. The number of para-hydroxylation sites is 1. The number of primary amides is 1. The van der Waals surface area contributed by atoms with Gasteiger partial charge in [0, 0.05) is 35.8 Å². The summed E-state index contributed by atoms with van der Waals surface area (Å²) in [6.45, 7) is 1.84. The van der Waals surface area contributed by atoms with E-state index in [0.717, 1.165) is 18.4 Å². The third-order valence-electron chi connectivity index (χ3n) is 7.33. The Morgan fingerprint density at radius 2 is 1.70 bits per heavy atom. The number of anilines is 1. The smallest absolute Gasteiger partial charge is 0.389 e. The molecule has 1 heterocycles. The lowest BCUT2D eigenvalue weighted by atomic mass is 9.83. The van der Waals surface area contributed by atoms with Crippen molar-refractivity contribution in [1.82, 2.24) is 5.32 Å². The number of nitrogens with zero attached hydrogens (tertiary/aromatic N) is 1. The normalized spacial score (nSPS) is 18.3. The molecule has 2 aliphatic rings. The van der Waals surface area contributed by atoms with Crippen LogP contribution in [0.2, 0.25) is 0 Å². The minimum absolute atomic E-state index is 0.0333. The van der Waals surface area contributed by atoms with Crippen LogP contribution >= 0.6 is 0 Å². The summed E-state index contributed by atoms with van der Waals surface area (Å²) in [5.74, 6) is -6.28. The van der Waals surface area contributed by atoms with Gasteiger partial charge in [-0.2, -0.15) is 26.3 Å². The molecule has 1 aliphatic carbocycles. The number of rotatable bonds is 12. The van der Waals surface area contributed by atoms with E-state index in [9.17, 15) is 40.7 Å². The molecule has 2 aromatic carbocycles. The quantitative estimate of drug-likeness (QED) is 0.267. The Bertz CT molecular complexity index is 1420. The molecule has 238 valence electrons. The van der Waals surface area contributed by atoms with Crippen LogP contribution in [0.5, 0.6) is 5.75 Å². The van der Waals surface area contributed by atoms with E-state index < -0.39 is 80.2 Å². The zero-order valence-corrected chi connectivity index (χ0v) is 23.7. The molecule has 0 aromatic heterocycles. The Morgan fingerprint density at radius 3 is 2.32 bits per heavy atom. The van der Waals surface area contributed by atoms with E-state index >= 15 is 0 Å². The molecule has 4 rings (SSSR count). The first-order valence-electron chi connectivity index (χ1n) is 14.1. The number of benzene rings is 2. The van der Waals surface area contributed by atoms with Gasteiger partial charge in [-0.05, 0) is 51.2 Å². The second-order valence-corrected chi connectivity index (χ2v) is 11.0. The minimum Gasteiger partial charge on any atom is -0.488 e. The Balaban J connectivity index is 1.69. The Morgan fingerprint density at radius 1 is 1.02 bits per heavy atom. The molecule has 0 bridgehead atoms. The molecule has 0 saturated heterocycles. The number of aliphatic imine (C=N–C) groups is 1. The van der Waals surface area contributed by atoms with E-state index in [2.05, 4.69) is 15.6 Å². The van der Waals surface area contributed by atoms with Crippen LogP contribution in [0.3, 0.4) is 0 Å². The fraction of sp³-hybridized carbons (Fsp3) is 0.467. The van der Waals surface area contributed by atoms with Gasteiger partial charge in [0.15, 0.2) is 0 Å². The van der Waals surface area contributed by atoms with E-state index in [-0.39, 0.29) is 17.5 Å². The number of hydrogen-bond donors (Lipinski definition) is 3. The highest BCUT2D eigenvalue weighted by Gasteiger charge is 2.39. The lowest BCUT2D eigenvalue weighted by Gasteiger charge is -2.26. The zero-order chi connectivity index (χ0) is 32.2. The Hall–Kier alpha value is -4.10. The number of nitrogens with one attached hydrogen (secondary N) is 2. The van der Waals surface area contributed by atoms with Crippen LogP contribution < -0.4 is 21.1 Å². The van der Waals surface area contributed by atoms with Crippen LogP contribution in [0.4, 0.5) is 32.0 Å². The average Bonchev–Trinajstić information content (AvgIpc) is 3.74. The third-order valence-corrected chi connectivity index (χ3v) is 7.33. The highest BCUT2D eigenvalue weighted by Crippen LogP contribution is 2.37. The number of aryl methyl sites for hydroxylation is 1. The van der Waals surface area contributed by atoms with Crippen molar-refractivity contribution in [3.8, 4) is 5.75 Å². The van der Waals surface area contributed by atoms with Gasteiger partial charge in [-0.3, -0.25) is 14.4 Å². The van der Waals surface area contributed by atoms with Crippen LogP contribution in [0.15, 0.2) is 47.5 Å². The molecule has 14 heteroatoms. The molecule has 8 nitrogen and oxygen atoms in total. The number of alkyl halides is 6. The highest BCUT2D eigenvalue weighted by molar-refractivity contribution is 6.20. The van der Waals surface area contributed by atoms with Crippen LogP contribution in [0, 0.1) is 18.8 Å². The van der Waals surface area contributed by atoms with Crippen molar-refractivity contribution in [3.05, 3.63) is 59.2 Å². The molecule has 3 atom stereocenters. The summed E-state index contributed by atoms with van der Waals surface area (Å²) < 4.78 is 83.8. The van der Waals surface area contributed by atoms with E-state index in [1.54, 1.807) is 36.4 Å². The number of fused-ring (bicyclic) bond motifs is 1. The lowest BCUT2D eigenvalue weighted by Crippen LogP contribution is -2.48. The molecule has 0 radical (unpaired) electrons. The van der Waals surface area contributed by atoms with Gasteiger partial charge in [-0.15, -0.1) is 0 Å². The van der Waals surface area contributed by atoms with Gasteiger partial charge in [0.2, 0.25) is 18.0 Å². The van der Waals surface area contributed by atoms with Crippen molar-refractivity contribution in [3.63, 3.8) is 0 Å². The Labute approximate surface area is 249 Å². The molecule has 1 unspecified atom stereocenters. The minimum atomic E-state index is -4.73. The predicted molar refractivity (Wildman–Crippen MR) is 149 cm³/mol. The summed E-state index contributed by atoms with van der Waals surface area (Å²) in [5.41, 5.74) is 7.84. The van der Waals surface area contributed by atoms with E-state index in [1.807, 2.05) is 13.0 Å². The average molecular weight is 627 g/mol. The second-order valence-electron chi connectivity index (χ2n) is 11.0. The van der Waals surface area contributed by atoms with Crippen molar-refractivity contribution >= 4 is 29.1 Å². The number of ether oxygens (including phenoxy) is 1. The molecule has 1 aliphatic heterocycles. The summed E-state index contributed by atoms with van der Waals surface area (Å²) in [6, 6.07) is 12.2. The molecule has 44 heavy (non-hydrogen) atoms. The number of carbonyl (C=O) groups excluding carboxylic acids is 3. The summed E-state index contributed by atoms with van der Waals surface area (Å²) in [7, 11) is 0. The largest absolute Gasteiger partial charge is 0.488 e. The third kappa shape index (κ3) is 8.96. The van der Waals surface area contributed by atoms with Crippen LogP contribution in [-0.2, 0) is 14.4 Å². The van der Waals surface area contributed by atoms with Gasteiger partial charge in [0.25, 0.3) is 5.91 Å². The molecular weight excluding hydrogens is 594 g/mol. The van der Waals surface area contributed by atoms with Crippen molar-refractivity contribution in [2.75, 3.05) is 5.32 Å². The Kier molecular flexibility index (Phi) is 9.89. The van der Waals surface area contributed by atoms with Gasteiger partial charge < -0.3 is 21.1 Å². The maximum absolute atomic E-state index is 13.5. The SMILES string of the molecule is Cc1cccc(C2=NC(NC(=O)[C@H](CCC(F)(F)F)[C@H](CCCC(F)(F)F)C(N)=O)C(=O)Nc3c(OC4CC4)cccc32)c1. The zero-order valence-electron chi connectivity index (χ0n) is 23.7. The monoisotopic (exact) mass is 626 g/mol. The van der Waals surface area contributed by atoms with Gasteiger partial charge in [-0.1, -0.05) is 35.9 Å². The topological polar surface area (TPSA) is 123 Å². The molecular formula is C30H32F6N4O4. The van der Waals surface area contributed by atoms with Crippen LogP contribution in [-0.4, -0.2) is 48.1 Å². The summed E-state index contributed by atoms with van der Waals surface area (Å²) in [5, 5.41) is 5.03. The van der Waals surface area contributed by atoms with Crippen LogP contribution in [0.1, 0.15) is 61.6 Å². The van der Waals surface area contributed by atoms with Crippen molar-refractivity contribution in [2.45, 2.75) is 76.5 Å². The van der Waals surface area contributed by atoms with Crippen molar-refractivity contribution in [2.24, 2.45) is 22.6 Å². The molecule has 1 saturated carbocycles. The van der Waals surface area contributed by atoms with Crippen molar-refractivity contribution < 1.29 is 45.5 Å². The molecule has 3 amide bonds. The molecule has 0 spiro atoms. The summed E-state index contributed by atoms with van der Waals surface area (Å²) in [6.07, 6.45) is -14.3. The number of halogens is 6. The highest BCUT2D eigenvalue weighted by atomic mass is 19.4. The number of carbonyl (C=O) groups is 3. The molecule has 1 fully saturated rings. The number of hydrogen-bond acceptors (Lipinski definition) is 5. The first-order valence-corrected chi connectivity index (χ1v) is 14.1. The van der Waals surface area contributed by atoms with E-state index in [4.69, 9.17) is 10.5 Å². The number of nitrogens with two attached hydrogens (primary N) is 1. The van der Waals surface area contributed by atoms with Crippen molar-refractivity contribution in [1.29, 1.82) is 0 Å². The lowest BCUT2D eigenvalue weighted by molar-refractivity contribution is -0.147. The first kappa shape index (κ1) is 32.8. The number of amides is 3.